The van der Waals surface area contributed by atoms with Crippen LogP contribution in [0.25, 0.3) is 11.0 Å². The number of hydrogen-bond donors (Lipinski definition) is 3. The molecule has 1 fully saturated rings. The third kappa shape index (κ3) is 2.26. The molecule has 3 rings (SSSR count). The normalized spacial score (nSPS) is 22.2. The summed E-state index contributed by atoms with van der Waals surface area (Å²) in [5.74, 6) is 0.502. The van der Waals surface area contributed by atoms with Crippen molar-refractivity contribution >= 4 is 32.9 Å². The number of nitrogens with zero attached hydrogens (tertiary/aromatic N) is 1. The van der Waals surface area contributed by atoms with Gasteiger partial charge in [-0.25, -0.2) is 4.98 Å². The second-order valence-corrected chi connectivity index (χ2v) is 5.82. The minimum Gasteiger partial charge on any atom is -0.349 e. The lowest BCUT2D eigenvalue weighted by Crippen LogP contribution is -2.46. The van der Waals surface area contributed by atoms with E-state index in [1.54, 1.807) is 12.4 Å². The van der Waals surface area contributed by atoms with Gasteiger partial charge in [-0.1, -0.05) is 0 Å². The lowest BCUT2D eigenvalue weighted by molar-refractivity contribution is 0.0894. The highest BCUT2D eigenvalue weighted by molar-refractivity contribution is 9.10. The van der Waals surface area contributed by atoms with Crippen LogP contribution in [0.2, 0.25) is 0 Å². The maximum Gasteiger partial charge on any atom is 0.253 e. The lowest BCUT2D eigenvalue weighted by Gasteiger charge is -2.34. The number of halogens is 1. The SMILES string of the molecule is NCC1CC(NC(=O)c2c[nH]c3nccc(Br)c23)C1. The number of nitrogens with two attached hydrogens (primary N) is 1. The van der Waals surface area contributed by atoms with Gasteiger partial charge < -0.3 is 16.0 Å². The monoisotopic (exact) mass is 322 g/mol. The molecule has 0 aliphatic heterocycles. The van der Waals surface area contributed by atoms with Gasteiger partial charge in [0.25, 0.3) is 5.91 Å². The molecule has 2 aromatic rings. The maximum absolute atomic E-state index is 12.3. The molecule has 0 unspecified atom stereocenters. The molecule has 0 bridgehead atoms. The van der Waals surface area contributed by atoms with E-state index >= 15 is 0 Å². The van der Waals surface area contributed by atoms with Gasteiger partial charge in [0.15, 0.2) is 0 Å². The third-order valence-corrected chi connectivity index (χ3v) is 4.33. The summed E-state index contributed by atoms with van der Waals surface area (Å²) >= 11 is 3.46. The van der Waals surface area contributed by atoms with Crippen molar-refractivity contribution in [3.05, 3.63) is 28.5 Å². The number of rotatable bonds is 3. The molecule has 0 saturated heterocycles. The molecular weight excluding hydrogens is 308 g/mol. The summed E-state index contributed by atoms with van der Waals surface area (Å²) in [6.07, 6.45) is 5.35. The molecule has 1 aliphatic rings. The molecule has 2 heterocycles. The van der Waals surface area contributed by atoms with E-state index in [1.807, 2.05) is 6.07 Å². The smallest absolute Gasteiger partial charge is 0.253 e. The van der Waals surface area contributed by atoms with Crippen molar-refractivity contribution in [2.75, 3.05) is 6.54 Å². The first-order valence-electron chi connectivity index (χ1n) is 6.31. The largest absolute Gasteiger partial charge is 0.349 e. The lowest BCUT2D eigenvalue weighted by atomic mass is 9.80. The zero-order valence-electron chi connectivity index (χ0n) is 10.3. The van der Waals surface area contributed by atoms with Crippen molar-refractivity contribution in [3.63, 3.8) is 0 Å². The number of nitrogens with one attached hydrogen (secondary N) is 2. The van der Waals surface area contributed by atoms with Crippen molar-refractivity contribution in [1.82, 2.24) is 15.3 Å². The summed E-state index contributed by atoms with van der Waals surface area (Å²) in [5, 5.41) is 3.87. The second-order valence-electron chi connectivity index (χ2n) is 4.96. The Morgan fingerprint density at radius 1 is 1.58 bits per heavy atom. The number of fused-ring (bicyclic) bond motifs is 1. The van der Waals surface area contributed by atoms with E-state index in [0.717, 1.165) is 22.7 Å². The Hall–Kier alpha value is -1.40. The second kappa shape index (κ2) is 4.94. The number of aromatic amines is 1. The average molecular weight is 323 g/mol. The Morgan fingerprint density at radius 2 is 2.37 bits per heavy atom. The minimum atomic E-state index is -0.0552. The number of pyridine rings is 1. The summed E-state index contributed by atoms with van der Waals surface area (Å²) in [6.45, 7) is 0.703. The van der Waals surface area contributed by atoms with Crippen molar-refractivity contribution in [2.24, 2.45) is 11.7 Å². The van der Waals surface area contributed by atoms with Crippen LogP contribution in [0.4, 0.5) is 0 Å². The van der Waals surface area contributed by atoms with Crippen LogP contribution in [0, 0.1) is 5.92 Å². The molecule has 0 aromatic carbocycles. The predicted molar refractivity (Wildman–Crippen MR) is 76.8 cm³/mol. The Morgan fingerprint density at radius 3 is 3.11 bits per heavy atom. The van der Waals surface area contributed by atoms with Gasteiger partial charge in [-0.3, -0.25) is 4.79 Å². The van der Waals surface area contributed by atoms with Crippen LogP contribution in [0.5, 0.6) is 0 Å². The summed E-state index contributed by atoms with van der Waals surface area (Å²) < 4.78 is 0.873. The Balaban J connectivity index is 1.79. The highest BCUT2D eigenvalue weighted by Crippen LogP contribution is 2.28. The molecule has 1 aliphatic carbocycles. The fraction of sp³-hybridized carbons (Fsp3) is 0.385. The van der Waals surface area contributed by atoms with Gasteiger partial charge in [0.2, 0.25) is 0 Å². The van der Waals surface area contributed by atoms with E-state index < -0.39 is 0 Å². The number of carbonyl (C=O) groups is 1. The number of aromatic nitrogens is 2. The third-order valence-electron chi connectivity index (χ3n) is 3.67. The van der Waals surface area contributed by atoms with E-state index in [0.29, 0.717) is 23.7 Å². The number of carbonyl (C=O) groups excluding carboxylic acids is 1. The fourth-order valence-corrected chi connectivity index (χ4v) is 3.02. The number of hydrogen-bond acceptors (Lipinski definition) is 3. The molecule has 0 atom stereocenters. The molecule has 0 radical (unpaired) electrons. The van der Waals surface area contributed by atoms with Crippen molar-refractivity contribution in [2.45, 2.75) is 18.9 Å². The van der Waals surface area contributed by atoms with Crippen molar-refractivity contribution < 1.29 is 4.79 Å². The molecule has 4 N–H and O–H groups in total. The zero-order valence-corrected chi connectivity index (χ0v) is 11.9. The van der Waals surface area contributed by atoms with Crippen molar-refractivity contribution in [1.29, 1.82) is 0 Å². The van der Waals surface area contributed by atoms with Gasteiger partial charge in [-0.15, -0.1) is 0 Å². The van der Waals surface area contributed by atoms with Gasteiger partial charge >= 0.3 is 0 Å². The van der Waals surface area contributed by atoms with Crippen LogP contribution in [0.1, 0.15) is 23.2 Å². The van der Waals surface area contributed by atoms with Crippen LogP contribution in [0.15, 0.2) is 22.9 Å². The van der Waals surface area contributed by atoms with Gasteiger partial charge in [0.05, 0.1) is 5.56 Å². The summed E-state index contributed by atoms with van der Waals surface area (Å²) in [4.78, 5) is 19.5. The molecule has 5 nitrogen and oxygen atoms in total. The van der Waals surface area contributed by atoms with Gasteiger partial charge in [-0.05, 0) is 47.3 Å². The molecule has 100 valence electrons. The molecule has 2 aromatic heterocycles. The van der Waals surface area contributed by atoms with Gasteiger partial charge in [0, 0.05) is 28.3 Å². The highest BCUT2D eigenvalue weighted by atomic mass is 79.9. The van der Waals surface area contributed by atoms with Gasteiger partial charge in [0.1, 0.15) is 5.65 Å². The van der Waals surface area contributed by atoms with Gasteiger partial charge in [-0.2, -0.15) is 0 Å². The summed E-state index contributed by atoms with van der Waals surface area (Å²) in [5.41, 5.74) is 6.93. The van der Waals surface area contributed by atoms with Crippen LogP contribution >= 0.6 is 15.9 Å². The highest BCUT2D eigenvalue weighted by Gasteiger charge is 2.29. The zero-order chi connectivity index (χ0) is 13.4. The quantitative estimate of drug-likeness (QED) is 0.805. The molecule has 0 spiro atoms. The average Bonchev–Trinajstić information content (AvgIpc) is 2.78. The maximum atomic E-state index is 12.3. The number of amides is 1. The Bertz CT molecular complexity index is 618. The molecule has 1 saturated carbocycles. The molecule has 19 heavy (non-hydrogen) atoms. The Labute approximate surface area is 119 Å². The van der Waals surface area contributed by atoms with E-state index in [1.165, 1.54) is 0 Å². The number of H-pyrrole nitrogens is 1. The van der Waals surface area contributed by atoms with Crippen LogP contribution in [-0.4, -0.2) is 28.5 Å². The first-order valence-corrected chi connectivity index (χ1v) is 7.11. The topological polar surface area (TPSA) is 83.8 Å². The van der Waals surface area contributed by atoms with E-state index in [9.17, 15) is 4.79 Å². The van der Waals surface area contributed by atoms with E-state index in [2.05, 4.69) is 31.2 Å². The molecule has 1 amide bonds. The van der Waals surface area contributed by atoms with Crippen LogP contribution in [-0.2, 0) is 0 Å². The summed E-state index contributed by atoms with van der Waals surface area (Å²) in [7, 11) is 0. The summed E-state index contributed by atoms with van der Waals surface area (Å²) in [6, 6.07) is 2.09. The minimum absolute atomic E-state index is 0.0552. The molecular formula is C13H15BrN4O. The van der Waals surface area contributed by atoms with E-state index in [4.69, 9.17) is 5.73 Å². The first-order chi connectivity index (χ1) is 9.19. The fourth-order valence-electron chi connectivity index (χ4n) is 2.50. The first kappa shape index (κ1) is 12.6. The van der Waals surface area contributed by atoms with E-state index in [-0.39, 0.29) is 11.9 Å². The van der Waals surface area contributed by atoms with Crippen molar-refractivity contribution in [3.8, 4) is 0 Å². The Kier molecular flexibility index (Phi) is 3.28. The predicted octanol–water partition coefficient (Wildman–Crippen LogP) is 1.79. The standard InChI is InChI=1S/C13H15BrN4O/c14-10-1-2-16-12-11(10)9(6-17-12)13(19)18-8-3-7(4-8)5-15/h1-2,6-8H,3-5,15H2,(H,16,17)(H,18,19). The molecule has 6 heteroatoms. The van der Waals surface area contributed by atoms with Crippen LogP contribution < -0.4 is 11.1 Å². The van der Waals surface area contributed by atoms with Crippen LogP contribution in [0.3, 0.4) is 0 Å².